The monoisotopic (exact) mass is 429 g/mol. The first-order valence-electron chi connectivity index (χ1n) is 9.24. The minimum absolute atomic E-state index is 0.0706. The first-order chi connectivity index (χ1) is 14.5. The molecule has 0 aliphatic heterocycles. The Balaban J connectivity index is 1.65. The van der Waals surface area contributed by atoms with Crippen molar-refractivity contribution >= 4 is 40.0 Å². The van der Waals surface area contributed by atoms with Crippen LogP contribution in [0.3, 0.4) is 0 Å². The molecule has 7 nitrogen and oxygen atoms in total. The minimum Gasteiger partial charge on any atom is -0.323 e. The van der Waals surface area contributed by atoms with Crippen LogP contribution >= 0.6 is 11.8 Å². The van der Waals surface area contributed by atoms with E-state index in [1.165, 1.54) is 0 Å². The number of benzene rings is 2. The lowest BCUT2D eigenvalue weighted by Gasteiger charge is -2.10. The van der Waals surface area contributed by atoms with E-state index in [0.29, 0.717) is 34.4 Å². The molecular weight excluding hydrogens is 412 g/mol. The molecule has 2 aromatic heterocycles. The molecule has 0 aliphatic carbocycles. The SMILES string of the molecule is CCCn1c(=O)c2ccccc2n2c(SCC(=O)Nc3ccc(F)cc3F)nnc12. The third-order valence-corrected chi connectivity index (χ3v) is 5.39. The fourth-order valence-corrected chi connectivity index (χ4v) is 3.90. The van der Waals surface area contributed by atoms with Gasteiger partial charge < -0.3 is 5.32 Å². The van der Waals surface area contributed by atoms with Crippen LogP contribution < -0.4 is 10.9 Å². The van der Waals surface area contributed by atoms with Gasteiger partial charge in [-0.25, -0.2) is 8.78 Å². The van der Waals surface area contributed by atoms with Crippen molar-refractivity contribution in [2.75, 3.05) is 11.1 Å². The van der Waals surface area contributed by atoms with Crippen LogP contribution in [-0.2, 0) is 11.3 Å². The predicted molar refractivity (Wildman–Crippen MR) is 111 cm³/mol. The van der Waals surface area contributed by atoms with Crippen LogP contribution in [0.2, 0.25) is 0 Å². The number of carbonyl (C=O) groups is 1. The molecule has 0 radical (unpaired) electrons. The molecule has 2 heterocycles. The van der Waals surface area contributed by atoms with Gasteiger partial charge in [0.25, 0.3) is 5.56 Å². The summed E-state index contributed by atoms with van der Waals surface area (Å²) >= 11 is 1.11. The second kappa shape index (κ2) is 8.23. The molecule has 0 fully saturated rings. The summed E-state index contributed by atoms with van der Waals surface area (Å²) in [5, 5.41) is 11.7. The van der Waals surface area contributed by atoms with E-state index in [1.54, 1.807) is 27.2 Å². The molecule has 0 saturated carbocycles. The summed E-state index contributed by atoms with van der Waals surface area (Å²) < 4.78 is 30.1. The number of nitrogens with zero attached hydrogens (tertiary/aromatic N) is 4. The number of aromatic nitrogens is 4. The zero-order chi connectivity index (χ0) is 21.3. The van der Waals surface area contributed by atoms with Crippen LogP contribution in [0.4, 0.5) is 14.5 Å². The van der Waals surface area contributed by atoms with Gasteiger partial charge in [-0.05, 0) is 30.7 Å². The van der Waals surface area contributed by atoms with Crippen molar-refractivity contribution < 1.29 is 13.6 Å². The van der Waals surface area contributed by atoms with Gasteiger partial charge in [-0.15, -0.1) is 10.2 Å². The molecule has 1 N–H and O–H groups in total. The molecule has 0 saturated heterocycles. The highest BCUT2D eigenvalue weighted by atomic mass is 32.2. The number of nitrogens with one attached hydrogen (secondary N) is 1. The van der Waals surface area contributed by atoms with E-state index in [2.05, 4.69) is 15.5 Å². The van der Waals surface area contributed by atoms with Gasteiger partial charge in [0.2, 0.25) is 11.7 Å². The van der Waals surface area contributed by atoms with Crippen molar-refractivity contribution in [3.8, 4) is 0 Å². The molecule has 4 aromatic rings. The molecule has 10 heteroatoms. The summed E-state index contributed by atoms with van der Waals surface area (Å²) in [7, 11) is 0. The summed E-state index contributed by atoms with van der Waals surface area (Å²) in [6.45, 7) is 2.45. The summed E-state index contributed by atoms with van der Waals surface area (Å²) in [6.07, 6.45) is 0.745. The third-order valence-electron chi connectivity index (χ3n) is 4.46. The number of hydrogen-bond donors (Lipinski definition) is 1. The summed E-state index contributed by atoms with van der Waals surface area (Å²) in [5.74, 6) is -1.73. The highest BCUT2D eigenvalue weighted by Gasteiger charge is 2.17. The highest BCUT2D eigenvalue weighted by molar-refractivity contribution is 7.99. The Morgan fingerprint density at radius 1 is 1.17 bits per heavy atom. The number of halogens is 2. The Morgan fingerprint density at radius 2 is 1.97 bits per heavy atom. The lowest BCUT2D eigenvalue weighted by molar-refractivity contribution is -0.113. The van der Waals surface area contributed by atoms with E-state index >= 15 is 0 Å². The number of amides is 1. The van der Waals surface area contributed by atoms with Gasteiger partial charge in [-0.2, -0.15) is 0 Å². The molecule has 2 aromatic carbocycles. The first kappa shape index (κ1) is 20.0. The van der Waals surface area contributed by atoms with Crippen LogP contribution in [0.5, 0.6) is 0 Å². The number of para-hydroxylation sites is 1. The molecule has 30 heavy (non-hydrogen) atoms. The largest absolute Gasteiger partial charge is 0.323 e. The van der Waals surface area contributed by atoms with Crippen LogP contribution in [-0.4, -0.2) is 30.8 Å². The molecule has 0 atom stereocenters. The minimum atomic E-state index is -0.851. The van der Waals surface area contributed by atoms with Gasteiger partial charge in [0, 0.05) is 12.6 Å². The fourth-order valence-electron chi connectivity index (χ4n) is 3.16. The molecule has 4 rings (SSSR count). The van der Waals surface area contributed by atoms with Crippen molar-refractivity contribution in [1.29, 1.82) is 0 Å². The van der Waals surface area contributed by atoms with Gasteiger partial charge in [-0.1, -0.05) is 30.8 Å². The Morgan fingerprint density at radius 3 is 2.73 bits per heavy atom. The number of hydrogen-bond acceptors (Lipinski definition) is 5. The van der Waals surface area contributed by atoms with Crippen molar-refractivity contribution in [2.24, 2.45) is 0 Å². The van der Waals surface area contributed by atoms with E-state index in [4.69, 9.17) is 0 Å². The van der Waals surface area contributed by atoms with Crippen molar-refractivity contribution in [2.45, 2.75) is 25.0 Å². The van der Waals surface area contributed by atoms with Gasteiger partial charge in [0.15, 0.2) is 5.16 Å². The molecule has 0 spiro atoms. The quantitative estimate of drug-likeness (QED) is 0.475. The van der Waals surface area contributed by atoms with E-state index < -0.39 is 17.5 Å². The molecule has 0 aliphatic rings. The Hall–Kier alpha value is -3.27. The highest BCUT2D eigenvalue weighted by Crippen LogP contribution is 2.22. The fraction of sp³-hybridized carbons (Fsp3) is 0.200. The normalized spacial score (nSPS) is 11.3. The van der Waals surface area contributed by atoms with E-state index in [9.17, 15) is 18.4 Å². The van der Waals surface area contributed by atoms with Crippen molar-refractivity contribution in [3.63, 3.8) is 0 Å². The van der Waals surface area contributed by atoms with Crippen LogP contribution in [0.25, 0.3) is 16.7 Å². The predicted octanol–water partition coefficient (Wildman–Crippen LogP) is 3.46. The van der Waals surface area contributed by atoms with E-state index in [0.717, 1.165) is 30.3 Å². The lowest BCUT2D eigenvalue weighted by Crippen LogP contribution is -2.23. The molecular formula is C20H17F2N5O2S. The average Bonchev–Trinajstić information content (AvgIpc) is 3.16. The number of aryl methyl sites for hydroxylation is 1. The van der Waals surface area contributed by atoms with Crippen molar-refractivity contribution in [1.82, 2.24) is 19.2 Å². The Bertz CT molecular complexity index is 1320. The summed E-state index contributed by atoms with van der Waals surface area (Å²) in [6, 6.07) is 10.1. The van der Waals surface area contributed by atoms with E-state index in [-0.39, 0.29) is 17.0 Å². The third kappa shape index (κ3) is 3.65. The van der Waals surface area contributed by atoms with Gasteiger partial charge in [0.1, 0.15) is 11.6 Å². The average molecular weight is 429 g/mol. The summed E-state index contributed by atoms with van der Waals surface area (Å²) in [5.41, 5.74) is 0.395. The Kier molecular flexibility index (Phi) is 5.49. The molecule has 154 valence electrons. The number of carbonyl (C=O) groups excluding carboxylic acids is 1. The standard InChI is InChI=1S/C20H17F2N5O2S/c1-2-9-26-18(29)13-5-3-4-6-16(13)27-19(26)24-25-20(27)30-11-17(28)23-15-8-7-12(21)10-14(15)22/h3-8,10H,2,9,11H2,1H3,(H,23,28). The maximum atomic E-state index is 13.7. The maximum Gasteiger partial charge on any atom is 0.262 e. The zero-order valence-electron chi connectivity index (χ0n) is 15.9. The maximum absolute atomic E-state index is 13.7. The number of rotatable bonds is 6. The second-order valence-corrected chi connectivity index (χ2v) is 7.50. The zero-order valence-corrected chi connectivity index (χ0v) is 16.7. The van der Waals surface area contributed by atoms with Crippen LogP contribution in [0.1, 0.15) is 13.3 Å². The molecule has 0 bridgehead atoms. The molecule has 1 amide bonds. The first-order valence-corrected chi connectivity index (χ1v) is 10.2. The van der Waals surface area contributed by atoms with Gasteiger partial charge >= 0.3 is 0 Å². The topological polar surface area (TPSA) is 81.3 Å². The molecule has 0 unspecified atom stereocenters. The van der Waals surface area contributed by atoms with Crippen molar-refractivity contribution in [3.05, 3.63) is 64.5 Å². The number of thioether (sulfide) groups is 1. The smallest absolute Gasteiger partial charge is 0.262 e. The summed E-state index contributed by atoms with van der Waals surface area (Å²) in [4.78, 5) is 25.1. The van der Waals surface area contributed by atoms with Crippen LogP contribution in [0.15, 0.2) is 52.4 Å². The van der Waals surface area contributed by atoms with Gasteiger partial charge in [0.05, 0.1) is 22.3 Å². The number of anilines is 1. The number of fused-ring (bicyclic) bond motifs is 3. The van der Waals surface area contributed by atoms with E-state index in [1.807, 2.05) is 13.0 Å². The van der Waals surface area contributed by atoms with Crippen LogP contribution in [0, 0.1) is 11.6 Å². The Labute approximate surface area is 173 Å². The lowest BCUT2D eigenvalue weighted by atomic mass is 10.2. The second-order valence-electron chi connectivity index (χ2n) is 6.55. The van der Waals surface area contributed by atoms with Gasteiger partial charge in [-0.3, -0.25) is 18.6 Å².